The van der Waals surface area contributed by atoms with E-state index in [2.05, 4.69) is 10.1 Å². The minimum absolute atomic E-state index is 0.201. The number of carbonyl (C=O) groups is 1. The van der Waals surface area contributed by atoms with Crippen LogP contribution in [0.2, 0.25) is 5.02 Å². The fraction of sp³-hybridized carbons (Fsp3) is 0.211. The van der Waals surface area contributed by atoms with Crippen molar-refractivity contribution in [1.82, 2.24) is 14.8 Å². The second-order valence-electron chi connectivity index (χ2n) is 5.77. The van der Waals surface area contributed by atoms with Gasteiger partial charge in [0, 0.05) is 11.4 Å². The quantitative estimate of drug-likeness (QED) is 0.588. The third kappa shape index (κ3) is 5.13. The normalized spacial score (nSPS) is 11.9. The fourth-order valence-corrected chi connectivity index (χ4v) is 2.63. The summed E-state index contributed by atoms with van der Waals surface area (Å²) in [7, 11) is 0. The monoisotopic (exact) mass is 373 g/mol. The first-order valence-corrected chi connectivity index (χ1v) is 8.50. The van der Waals surface area contributed by atoms with Crippen molar-refractivity contribution in [3.05, 3.63) is 83.2 Å². The van der Waals surface area contributed by atoms with E-state index in [4.69, 9.17) is 16.3 Å². The number of halogens is 2. The molecule has 26 heavy (non-hydrogen) atoms. The van der Waals surface area contributed by atoms with Crippen molar-refractivity contribution in [1.29, 1.82) is 0 Å². The van der Waals surface area contributed by atoms with Crippen LogP contribution in [-0.2, 0) is 22.5 Å². The molecule has 0 amide bonds. The summed E-state index contributed by atoms with van der Waals surface area (Å²) in [6, 6.07) is 13.2. The van der Waals surface area contributed by atoms with E-state index >= 15 is 0 Å². The maximum absolute atomic E-state index is 12.9. The molecule has 0 aliphatic carbocycles. The predicted octanol–water partition coefficient (Wildman–Crippen LogP) is 3.99. The van der Waals surface area contributed by atoms with Crippen LogP contribution in [-0.4, -0.2) is 20.7 Å². The first-order chi connectivity index (χ1) is 12.6. The molecule has 0 N–H and O–H groups in total. The molecule has 1 atom stereocenters. The van der Waals surface area contributed by atoms with Crippen molar-refractivity contribution in [3.8, 4) is 0 Å². The lowest BCUT2D eigenvalue weighted by Gasteiger charge is -2.18. The number of hydrogen-bond acceptors (Lipinski definition) is 4. The summed E-state index contributed by atoms with van der Waals surface area (Å²) < 4.78 is 20.2. The molecule has 3 rings (SSSR count). The first-order valence-electron chi connectivity index (χ1n) is 8.12. The number of esters is 1. The molecule has 2 aromatic carbocycles. The Morgan fingerprint density at radius 3 is 2.54 bits per heavy atom. The number of rotatable bonds is 7. The number of carbonyl (C=O) groups excluding carboxylic acids is 1. The highest BCUT2D eigenvalue weighted by molar-refractivity contribution is 6.30. The number of aromatic nitrogens is 3. The molecule has 1 heterocycles. The molecular weight excluding hydrogens is 357 g/mol. The molecule has 0 saturated carbocycles. The number of benzene rings is 2. The van der Waals surface area contributed by atoms with Gasteiger partial charge < -0.3 is 4.74 Å². The van der Waals surface area contributed by atoms with Crippen molar-refractivity contribution in [2.75, 3.05) is 0 Å². The summed E-state index contributed by atoms with van der Waals surface area (Å²) >= 11 is 5.93. The van der Waals surface area contributed by atoms with Gasteiger partial charge in [0.05, 0.1) is 6.54 Å². The van der Waals surface area contributed by atoms with E-state index in [0.29, 0.717) is 18.0 Å². The van der Waals surface area contributed by atoms with Gasteiger partial charge in [-0.15, -0.1) is 0 Å². The van der Waals surface area contributed by atoms with E-state index in [1.165, 1.54) is 18.5 Å². The Kier molecular flexibility index (Phi) is 5.96. The highest BCUT2D eigenvalue weighted by atomic mass is 35.5. The third-order valence-corrected chi connectivity index (χ3v) is 4.12. The number of ether oxygens (including phenoxy) is 1. The van der Waals surface area contributed by atoms with Crippen LogP contribution in [0, 0.1) is 5.82 Å². The molecule has 1 aromatic heterocycles. The van der Waals surface area contributed by atoms with Crippen molar-refractivity contribution < 1.29 is 13.9 Å². The SMILES string of the molecule is O=C(CCc1ccc(F)cc1)O[C@@H](Cn1cncn1)c1ccc(Cl)cc1. The zero-order valence-corrected chi connectivity index (χ0v) is 14.6. The van der Waals surface area contributed by atoms with E-state index in [-0.39, 0.29) is 18.2 Å². The molecule has 7 heteroatoms. The Bertz CT molecular complexity index is 836. The molecule has 0 unspecified atom stereocenters. The van der Waals surface area contributed by atoms with Crippen LogP contribution >= 0.6 is 11.6 Å². The van der Waals surface area contributed by atoms with Crippen molar-refractivity contribution in [2.24, 2.45) is 0 Å². The van der Waals surface area contributed by atoms with Gasteiger partial charge >= 0.3 is 5.97 Å². The number of hydrogen-bond donors (Lipinski definition) is 0. The van der Waals surface area contributed by atoms with Crippen LogP contribution in [0.1, 0.15) is 23.7 Å². The van der Waals surface area contributed by atoms with Crippen LogP contribution < -0.4 is 0 Å². The van der Waals surface area contributed by atoms with Gasteiger partial charge in [0.25, 0.3) is 0 Å². The Hall–Kier alpha value is -2.73. The summed E-state index contributed by atoms with van der Waals surface area (Å²) in [5.41, 5.74) is 1.70. The van der Waals surface area contributed by atoms with E-state index in [1.807, 2.05) is 12.1 Å². The van der Waals surface area contributed by atoms with Crippen molar-refractivity contribution in [2.45, 2.75) is 25.5 Å². The van der Waals surface area contributed by atoms with Crippen molar-refractivity contribution >= 4 is 17.6 Å². The molecule has 0 aliphatic rings. The highest BCUT2D eigenvalue weighted by Gasteiger charge is 2.18. The number of aryl methyl sites for hydroxylation is 1. The fourth-order valence-electron chi connectivity index (χ4n) is 2.50. The average molecular weight is 374 g/mol. The van der Waals surface area contributed by atoms with Crippen LogP contribution in [0.3, 0.4) is 0 Å². The molecule has 0 bridgehead atoms. The summed E-state index contributed by atoms with van der Waals surface area (Å²) in [5, 5.41) is 4.67. The van der Waals surface area contributed by atoms with Gasteiger partial charge in [-0.3, -0.25) is 4.79 Å². The average Bonchev–Trinajstić information content (AvgIpc) is 3.14. The molecule has 3 aromatic rings. The van der Waals surface area contributed by atoms with E-state index in [9.17, 15) is 9.18 Å². The molecule has 134 valence electrons. The second-order valence-corrected chi connectivity index (χ2v) is 6.21. The third-order valence-electron chi connectivity index (χ3n) is 3.87. The van der Waals surface area contributed by atoms with Crippen LogP contribution in [0.4, 0.5) is 4.39 Å². The van der Waals surface area contributed by atoms with Gasteiger partial charge in [0.1, 0.15) is 24.6 Å². The Labute approximate surface area is 155 Å². The van der Waals surface area contributed by atoms with Crippen molar-refractivity contribution in [3.63, 3.8) is 0 Å². The van der Waals surface area contributed by atoms with E-state index in [1.54, 1.807) is 35.3 Å². The summed E-state index contributed by atoms with van der Waals surface area (Å²) in [6.45, 7) is 0.351. The van der Waals surface area contributed by atoms with Gasteiger partial charge in [-0.25, -0.2) is 14.1 Å². The van der Waals surface area contributed by atoms with Gasteiger partial charge in [-0.1, -0.05) is 35.9 Å². The largest absolute Gasteiger partial charge is 0.455 e. The molecule has 0 spiro atoms. The maximum atomic E-state index is 12.9. The van der Waals surface area contributed by atoms with Gasteiger partial charge in [-0.2, -0.15) is 5.10 Å². The molecule has 0 fully saturated rings. The minimum atomic E-state index is -0.505. The smallest absolute Gasteiger partial charge is 0.306 e. The molecule has 0 saturated heterocycles. The maximum Gasteiger partial charge on any atom is 0.306 e. The van der Waals surface area contributed by atoms with Gasteiger partial charge in [0.2, 0.25) is 0 Å². The summed E-state index contributed by atoms with van der Waals surface area (Å²) in [4.78, 5) is 16.2. The molecule has 5 nitrogen and oxygen atoms in total. The topological polar surface area (TPSA) is 57.0 Å². The Morgan fingerprint density at radius 1 is 1.15 bits per heavy atom. The lowest BCUT2D eigenvalue weighted by molar-refractivity contribution is -0.150. The molecule has 0 radical (unpaired) electrons. The van der Waals surface area contributed by atoms with E-state index in [0.717, 1.165) is 11.1 Å². The second kappa shape index (κ2) is 8.58. The van der Waals surface area contributed by atoms with Gasteiger partial charge in [-0.05, 0) is 41.8 Å². The van der Waals surface area contributed by atoms with Crippen LogP contribution in [0.15, 0.2) is 61.2 Å². The van der Waals surface area contributed by atoms with Crippen LogP contribution in [0.25, 0.3) is 0 Å². The highest BCUT2D eigenvalue weighted by Crippen LogP contribution is 2.22. The van der Waals surface area contributed by atoms with Gasteiger partial charge in [0.15, 0.2) is 0 Å². The van der Waals surface area contributed by atoms with Crippen LogP contribution in [0.5, 0.6) is 0 Å². The predicted molar refractivity (Wildman–Crippen MR) is 95.0 cm³/mol. The summed E-state index contributed by atoms with van der Waals surface area (Å²) in [5.74, 6) is -0.638. The summed E-state index contributed by atoms with van der Waals surface area (Å²) in [6.07, 6.45) is 3.17. The standard InChI is InChI=1S/C19H17ClFN3O2/c20-16-6-4-15(5-7-16)18(11-24-13-22-12-23-24)26-19(25)10-3-14-1-8-17(21)9-2-14/h1-2,4-9,12-13,18H,3,10-11H2/t18-/m0/s1. The zero-order valence-electron chi connectivity index (χ0n) is 13.9. The Morgan fingerprint density at radius 2 is 1.88 bits per heavy atom. The first kappa shape index (κ1) is 18.1. The number of nitrogens with zero attached hydrogens (tertiary/aromatic N) is 3. The lowest BCUT2D eigenvalue weighted by Crippen LogP contribution is -2.17. The molecular formula is C19H17ClFN3O2. The molecule has 0 aliphatic heterocycles. The van der Waals surface area contributed by atoms with E-state index < -0.39 is 6.10 Å². The zero-order chi connectivity index (χ0) is 18.4. The Balaban J connectivity index is 1.65. The minimum Gasteiger partial charge on any atom is -0.455 e. The lowest BCUT2D eigenvalue weighted by atomic mass is 10.1.